The molecule has 0 saturated carbocycles. The number of carbonyl (C=O) groups is 1. The molecule has 7 heteroatoms. The van der Waals surface area contributed by atoms with E-state index in [2.05, 4.69) is 5.32 Å². The number of ether oxygens (including phenoxy) is 1. The molecule has 2 aliphatic rings. The van der Waals surface area contributed by atoms with Crippen LogP contribution in [0.1, 0.15) is 36.0 Å². The predicted molar refractivity (Wildman–Crippen MR) is 101 cm³/mol. The lowest BCUT2D eigenvalue weighted by atomic mass is 9.82. The van der Waals surface area contributed by atoms with Gasteiger partial charge < -0.3 is 10.1 Å². The zero-order valence-electron chi connectivity index (χ0n) is 15.5. The molecule has 1 atom stereocenters. The van der Waals surface area contributed by atoms with Gasteiger partial charge in [-0.2, -0.15) is 0 Å². The van der Waals surface area contributed by atoms with E-state index in [-0.39, 0.29) is 12.3 Å². The number of nitrogens with zero attached hydrogens (tertiary/aromatic N) is 2. The number of carbonyl (C=O) groups excluding carboxylic acids is 1. The van der Waals surface area contributed by atoms with Gasteiger partial charge in [0.25, 0.3) is 5.56 Å². The second-order valence-electron chi connectivity index (χ2n) is 7.00. The van der Waals surface area contributed by atoms with Crippen molar-refractivity contribution in [1.82, 2.24) is 9.13 Å². The van der Waals surface area contributed by atoms with Crippen molar-refractivity contribution in [1.29, 1.82) is 0 Å². The summed E-state index contributed by atoms with van der Waals surface area (Å²) >= 11 is 0. The molecule has 0 fully saturated rings. The molecule has 4 rings (SSSR count). The fraction of sp³-hybridized carbons (Fsp3) is 0.350. The van der Waals surface area contributed by atoms with Gasteiger partial charge in [0.05, 0.1) is 22.8 Å². The Labute approximate surface area is 155 Å². The molecule has 1 aromatic heterocycles. The van der Waals surface area contributed by atoms with Gasteiger partial charge in [0, 0.05) is 13.6 Å². The van der Waals surface area contributed by atoms with E-state index in [1.165, 1.54) is 7.05 Å². The molecule has 7 nitrogen and oxygen atoms in total. The van der Waals surface area contributed by atoms with Gasteiger partial charge in [0.15, 0.2) is 0 Å². The van der Waals surface area contributed by atoms with Crippen LogP contribution in [0, 0.1) is 6.92 Å². The summed E-state index contributed by atoms with van der Waals surface area (Å²) in [7, 11) is 1.47. The molecule has 3 heterocycles. The zero-order chi connectivity index (χ0) is 19.3. The molecular weight excluding hydrogens is 346 g/mol. The Morgan fingerprint density at radius 2 is 1.89 bits per heavy atom. The molecule has 2 aliphatic heterocycles. The van der Waals surface area contributed by atoms with Crippen molar-refractivity contribution in [3.63, 3.8) is 0 Å². The molecule has 1 N–H and O–H groups in total. The fourth-order valence-electron chi connectivity index (χ4n) is 3.81. The molecule has 140 valence electrons. The van der Waals surface area contributed by atoms with Crippen molar-refractivity contribution in [3.05, 3.63) is 73.1 Å². The third-order valence-corrected chi connectivity index (χ3v) is 5.18. The van der Waals surface area contributed by atoms with Gasteiger partial charge in [-0.05, 0) is 18.9 Å². The number of fused-ring (bicyclic) bond motifs is 1. The number of esters is 1. The first kappa shape index (κ1) is 17.3. The maximum Gasteiger partial charge on any atom is 0.337 e. The third-order valence-electron chi connectivity index (χ3n) is 5.18. The molecular formula is C20H21N3O4. The lowest BCUT2D eigenvalue weighted by molar-refractivity contribution is -0.136. The van der Waals surface area contributed by atoms with E-state index in [4.69, 9.17) is 4.74 Å². The normalized spacial score (nSPS) is 18.0. The second kappa shape index (κ2) is 6.26. The summed E-state index contributed by atoms with van der Waals surface area (Å²) in [5.74, 6) is -0.522. The van der Waals surface area contributed by atoms with E-state index in [9.17, 15) is 14.4 Å². The van der Waals surface area contributed by atoms with Crippen molar-refractivity contribution in [2.75, 3.05) is 11.9 Å². The topological polar surface area (TPSA) is 82.3 Å². The Bertz CT molecular complexity index is 1090. The number of hydrogen-bond donors (Lipinski definition) is 1. The Morgan fingerprint density at radius 3 is 2.56 bits per heavy atom. The lowest BCUT2D eigenvalue weighted by Crippen LogP contribution is -2.44. The number of anilines is 1. The molecule has 2 aromatic rings. The van der Waals surface area contributed by atoms with Crippen molar-refractivity contribution in [3.8, 4) is 0 Å². The van der Waals surface area contributed by atoms with E-state index in [0.717, 1.165) is 22.1 Å². The summed E-state index contributed by atoms with van der Waals surface area (Å²) in [6, 6.07) is 7.73. The molecule has 0 radical (unpaired) electrons. The second-order valence-corrected chi connectivity index (χ2v) is 7.00. The van der Waals surface area contributed by atoms with Gasteiger partial charge in [-0.1, -0.05) is 36.8 Å². The van der Waals surface area contributed by atoms with E-state index >= 15 is 0 Å². The molecule has 27 heavy (non-hydrogen) atoms. The first-order valence-electron chi connectivity index (χ1n) is 9.01. The molecule has 0 bridgehead atoms. The molecule has 0 saturated heterocycles. The van der Waals surface area contributed by atoms with Crippen molar-refractivity contribution in [2.24, 2.45) is 7.05 Å². The average molecular weight is 367 g/mol. The van der Waals surface area contributed by atoms with Crippen LogP contribution in [0.5, 0.6) is 0 Å². The number of hydrogen-bond acceptors (Lipinski definition) is 5. The smallest absolute Gasteiger partial charge is 0.337 e. The average Bonchev–Trinajstić information content (AvgIpc) is 3.03. The van der Waals surface area contributed by atoms with Crippen LogP contribution in [0.15, 0.2) is 45.1 Å². The minimum Gasteiger partial charge on any atom is -0.456 e. The summed E-state index contributed by atoms with van der Waals surface area (Å²) in [6.07, 6.45) is 0.739. The largest absolute Gasteiger partial charge is 0.456 e. The third kappa shape index (κ3) is 2.53. The molecule has 1 aromatic carbocycles. The highest BCUT2D eigenvalue weighted by Crippen LogP contribution is 2.42. The number of aromatic nitrogens is 2. The van der Waals surface area contributed by atoms with Gasteiger partial charge in [-0.3, -0.25) is 13.9 Å². The monoisotopic (exact) mass is 367 g/mol. The standard InChI is InChI=1S/C20H21N3O4/c1-4-9-23-17-16(18(24)22(3)20(23)26)14(12-7-5-11(2)6-8-12)15-13(21-17)10-27-19(15)25/h5-8,14,21H,4,9-10H2,1-3H3/t14-/m0/s1. The quantitative estimate of drug-likeness (QED) is 0.834. The maximum absolute atomic E-state index is 13.1. The van der Waals surface area contributed by atoms with Gasteiger partial charge >= 0.3 is 11.7 Å². The molecule has 0 amide bonds. The van der Waals surface area contributed by atoms with Crippen LogP contribution in [-0.2, 0) is 23.1 Å². The zero-order valence-corrected chi connectivity index (χ0v) is 15.5. The molecule has 0 unspecified atom stereocenters. The van der Waals surface area contributed by atoms with Crippen molar-refractivity contribution < 1.29 is 9.53 Å². The fourth-order valence-corrected chi connectivity index (χ4v) is 3.81. The molecule has 0 spiro atoms. The van der Waals surface area contributed by atoms with Crippen molar-refractivity contribution in [2.45, 2.75) is 32.7 Å². The minimum absolute atomic E-state index is 0.117. The van der Waals surface area contributed by atoms with Crippen LogP contribution in [-0.4, -0.2) is 21.7 Å². The lowest BCUT2D eigenvalue weighted by Gasteiger charge is -2.29. The van der Waals surface area contributed by atoms with Gasteiger partial charge in [-0.25, -0.2) is 9.59 Å². The van der Waals surface area contributed by atoms with E-state index in [1.807, 2.05) is 38.1 Å². The Kier molecular flexibility index (Phi) is 4.02. The van der Waals surface area contributed by atoms with Crippen LogP contribution in [0.2, 0.25) is 0 Å². The predicted octanol–water partition coefficient (Wildman–Crippen LogP) is 1.63. The number of cyclic esters (lactones) is 1. The maximum atomic E-state index is 13.1. The van der Waals surface area contributed by atoms with Crippen LogP contribution in [0.25, 0.3) is 0 Å². The van der Waals surface area contributed by atoms with Crippen LogP contribution < -0.4 is 16.6 Å². The summed E-state index contributed by atoms with van der Waals surface area (Å²) in [6.45, 7) is 4.54. The summed E-state index contributed by atoms with van der Waals surface area (Å²) in [5.41, 5.74) is 2.62. The number of benzene rings is 1. The van der Waals surface area contributed by atoms with E-state index < -0.39 is 17.4 Å². The highest BCUT2D eigenvalue weighted by molar-refractivity contribution is 5.96. The first-order chi connectivity index (χ1) is 12.9. The van der Waals surface area contributed by atoms with Gasteiger partial charge in [0.2, 0.25) is 0 Å². The van der Waals surface area contributed by atoms with Gasteiger partial charge in [0.1, 0.15) is 12.4 Å². The Balaban J connectivity index is 2.06. The number of nitrogens with one attached hydrogen (secondary N) is 1. The highest BCUT2D eigenvalue weighted by atomic mass is 16.5. The summed E-state index contributed by atoms with van der Waals surface area (Å²) in [4.78, 5) is 38.2. The van der Waals surface area contributed by atoms with Crippen LogP contribution >= 0.6 is 0 Å². The highest BCUT2D eigenvalue weighted by Gasteiger charge is 2.41. The van der Waals surface area contributed by atoms with Crippen molar-refractivity contribution >= 4 is 11.8 Å². The molecule has 0 aliphatic carbocycles. The Hall–Kier alpha value is -3.09. The number of rotatable bonds is 3. The van der Waals surface area contributed by atoms with Crippen LogP contribution in [0.3, 0.4) is 0 Å². The Morgan fingerprint density at radius 1 is 1.19 bits per heavy atom. The van der Waals surface area contributed by atoms with E-state index in [1.54, 1.807) is 4.57 Å². The summed E-state index contributed by atoms with van der Waals surface area (Å²) in [5, 5.41) is 3.15. The van der Waals surface area contributed by atoms with Crippen LogP contribution in [0.4, 0.5) is 5.82 Å². The summed E-state index contributed by atoms with van der Waals surface area (Å²) < 4.78 is 7.92. The van der Waals surface area contributed by atoms with Gasteiger partial charge in [-0.15, -0.1) is 0 Å². The first-order valence-corrected chi connectivity index (χ1v) is 9.01. The number of aryl methyl sites for hydroxylation is 1. The SMILES string of the molecule is CCCn1c2c(c(=O)n(C)c1=O)[C@@H](c1ccc(C)cc1)C1=C(COC1=O)N2. The minimum atomic E-state index is -0.561. The van der Waals surface area contributed by atoms with E-state index in [0.29, 0.717) is 29.2 Å².